The molecule has 0 aliphatic carbocycles. The molecule has 1 unspecified atom stereocenters. The second-order valence-corrected chi connectivity index (χ2v) is 7.09. The lowest BCUT2D eigenvalue weighted by molar-refractivity contribution is 0.0967. The second kappa shape index (κ2) is 8.01. The Morgan fingerprint density at radius 1 is 1.15 bits per heavy atom. The molecule has 142 valence electrons. The first kappa shape index (κ1) is 17.9. The second-order valence-electron chi connectivity index (χ2n) is 7.09. The third-order valence-electron chi connectivity index (χ3n) is 5.36. The van der Waals surface area contributed by atoms with Crippen molar-refractivity contribution >= 4 is 5.78 Å². The zero-order valence-electron chi connectivity index (χ0n) is 15.6. The van der Waals surface area contributed by atoms with E-state index in [1.807, 2.05) is 24.3 Å². The summed E-state index contributed by atoms with van der Waals surface area (Å²) < 4.78 is 16.4. The molecule has 0 radical (unpaired) electrons. The predicted molar refractivity (Wildman–Crippen MR) is 103 cm³/mol. The van der Waals surface area contributed by atoms with E-state index in [1.165, 1.54) is 5.56 Å². The first-order valence-corrected chi connectivity index (χ1v) is 9.52. The molecule has 1 fully saturated rings. The third kappa shape index (κ3) is 4.08. The molecule has 27 heavy (non-hydrogen) atoms. The molecule has 1 saturated heterocycles. The van der Waals surface area contributed by atoms with Crippen LogP contribution in [0.15, 0.2) is 42.5 Å². The van der Waals surface area contributed by atoms with Crippen molar-refractivity contribution in [3.05, 3.63) is 53.6 Å². The maximum atomic E-state index is 12.6. The molecule has 2 aromatic rings. The molecule has 1 atom stereocenters. The Hall–Kier alpha value is -2.53. The van der Waals surface area contributed by atoms with Crippen LogP contribution in [0.4, 0.5) is 0 Å². The minimum atomic E-state index is 0.150. The number of ether oxygens (including phenoxy) is 3. The summed E-state index contributed by atoms with van der Waals surface area (Å²) >= 11 is 0. The summed E-state index contributed by atoms with van der Waals surface area (Å²) in [6, 6.07) is 13.8. The molecule has 2 aliphatic rings. The minimum absolute atomic E-state index is 0.150. The van der Waals surface area contributed by atoms with Crippen molar-refractivity contribution in [2.24, 2.45) is 0 Å². The van der Waals surface area contributed by atoms with Crippen LogP contribution < -0.4 is 14.2 Å². The summed E-state index contributed by atoms with van der Waals surface area (Å²) in [6.45, 7) is 3.89. The molecular formula is C22H25NO4. The third-order valence-corrected chi connectivity index (χ3v) is 5.36. The van der Waals surface area contributed by atoms with Gasteiger partial charge < -0.3 is 19.1 Å². The number of likely N-dealkylation sites (tertiary alicyclic amines) is 1. The lowest BCUT2D eigenvalue weighted by Gasteiger charge is -2.19. The van der Waals surface area contributed by atoms with Crippen LogP contribution >= 0.6 is 0 Å². The zero-order chi connectivity index (χ0) is 18.6. The Morgan fingerprint density at radius 3 is 2.85 bits per heavy atom. The maximum Gasteiger partial charge on any atom is 0.164 e. The summed E-state index contributed by atoms with van der Waals surface area (Å²) in [6.07, 6.45) is 1.63. The van der Waals surface area contributed by atoms with Crippen LogP contribution in [-0.2, 0) is 0 Å². The fourth-order valence-electron chi connectivity index (χ4n) is 3.82. The van der Waals surface area contributed by atoms with Crippen LogP contribution in [0.2, 0.25) is 0 Å². The van der Waals surface area contributed by atoms with Crippen molar-refractivity contribution in [3.8, 4) is 17.2 Å². The molecular weight excluding hydrogens is 342 g/mol. The number of rotatable bonds is 6. The molecule has 2 heterocycles. The molecule has 0 saturated carbocycles. The van der Waals surface area contributed by atoms with Crippen molar-refractivity contribution in [1.82, 2.24) is 4.90 Å². The molecule has 2 aromatic carbocycles. The van der Waals surface area contributed by atoms with E-state index in [2.05, 4.69) is 17.0 Å². The van der Waals surface area contributed by atoms with E-state index < -0.39 is 0 Å². The van der Waals surface area contributed by atoms with Crippen LogP contribution in [-0.4, -0.2) is 50.6 Å². The summed E-state index contributed by atoms with van der Waals surface area (Å²) in [5, 5.41) is 0. The topological polar surface area (TPSA) is 48.0 Å². The Balaban J connectivity index is 1.32. The number of benzene rings is 2. The number of Topliss-reactive ketones (excluding diaryl/α,β-unsaturated/α-hetero) is 1. The Labute approximate surface area is 159 Å². The van der Waals surface area contributed by atoms with Crippen molar-refractivity contribution < 1.29 is 19.0 Å². The number of fused-ring (bicyclic) bond motifs is 1. The van der Waals surface area contributed by atoms with Crippen molar-refractivity contribution in [2.75, 3.05) is 40.0 Å². The average Bonchev–Trinajstić information content (AvgIpc) is 3.21. The van der Waals surface area contributed by atoms with Gasteiger partial charge in [-0.25, -0.2) is 0 Å². The monoisotopic (exact) mass is 367 g/mol. The molecule has 0 N–H and O–H groups in total. The number of hydrogen-bond donors (Lipinski definition) is 0. The number of methoxy groups -OCH3 is 1. The van der Waals surface area contributed by atoms with E-state index in [4.69, 9.17) is 14.2 Å². The minimum Gasteiger partial charge on any atom is -0.497 e. The van der Waals surface area contributed by atoms with E-state index >= 15 is 0 Å². The average molecular weight is 367 g/mol. The van der Waals surface area contributed by atoms with Crippen LogP contribution in [0.3, 0.4) is 0 Å². The summed E-state index contributed by atoms with van der Waals surface area (Å²) in [5.41, 5.74) is 2.01. The number of nitrogens with zero attached hydrogens (tertiary/aromatic N) is 1. The zero-order valence-corrected chi connectivity index (χ0v) is 15.6. The van der Waals surface area contributed by atoms with Gasteiger partial charge in [0.2, 0.25) is 0 Å². The van der Waals surface area contributed by atoms with E-state index in [9.17, 15) is 4.79 Å². The fourth-order valence-corrected chi connectivity index (χ4v) is 3.82. The van der Waals surface area contributed by atoms with Gasteiger partial charge >= 0.3 is 0 Å². The normalized spacial score (nSPS) is 19.1. The van der Waals surface area contributed by atoms with Crippen LogP contribution in [0.1, 0.15) is 34.7 Å². The van der Waals surface area contributed by atoms with Gasteiger partial charge in [-0.15, -0.1) is 0 Å². The molecule has 5 heteroatoms. The van der Waals surface area contributed by atoms with Gasteiger partial charge in [-0.1, -0.05) is 12.1 Å². The van der Waals surface area contributed by atoms with Gasteiger partial charge in [-0.05, 0) is 54.8 Å². The number of hydrogen-bond acceptors (Lipinski definition) is 5. The number of ketones is 1. The van der Waals surface area contributed by atoms with Gasteiger partial charge in [0.15, 0.2) is 17.3 Å². The highest BCUT2D eigenvalue weighted by Crippen LogP contribution is 2.32. The van der Waals surface area contributed by atoms with Gasteiger partial charge in [0.05, 0.1) is 7.11 Å². The van der Waals surface area contributed by atoms with E-state index in [0.717, 1.165) is 37.6 Å². The van der Waals surface area contributed by atoms with Gasteiger partial charge in [0.1, 0.15) is 19.0 Å². The van der Waals surface area contributed by atoms with Crippen LogP contribution in [0.5, 0.6) is 17.2 Å². The molecule has 0 spiro atoms. The smallest absolute Gasteiger partial charge is 0.164 e. The summed E-state index contributed by atoms with van der Waals surface area (Å²) in [7, 11) is 1.70. The largest absolute Gasteiger partial charge is 0.497 e. The van der Waals surface area contributed by atoms with Crippen LogP contribution in [0, 0.1) is 0 Å². The summed E-state index contributed by atoms with van der Waals surface area (Å²) in [4.78, 5) is 15.0. The van der Waals surface area contributed by atoms with Gasteiger partial charge in [-0.2, -0.15) is 0 Å². The van der Waals surface area contributed by atoms with Crippen molar-refractivity contribution in [1.29, 1.82) is 0 Å². The van der Waals surface area contributed by atoms with Crippen LogP contribution in [0.25, 0.3) is 0 Å². The lowest BCUT2D eigenvalue weighted by atomic mass is 9.98. The molecule has 5 nitrogen and oxygen atoms in total. The highest BCUT2D eigenvalue weighted by Gasteiger charge is 2.24. The Morgan fingerprint density at radius 2 is 2.00 bits per heavy atom. The maximum absolute atomic E-state index is 12.6. The first-order chi connectivity index (χ1) is 13.2. The van der Waals surface area contributed by atoms with Crippen molar-refractivity contribution in [3.63, 3.8) is 0 Å². The van der Waals surface area contributed by atoms with Gasteiger partial charge in [-0.3, -0.25) is 4.79 Å². The predicted octanol–water partition coefficient (Wildman–Crippen LogP) is 3.53. The SMILES string of the molecule is COc1cccc(C2CCN(CCC(=O)c3ccc4c(c3)OCCO4)C2)c1. The number of carbonyl (C=O) groups excluding carboxylic acids is 1. The highest BCUT2D eigenvalue weighted by atomic mass is 16.6. The van der Waals surface area contributed by atoms with E-state index in [-0.39, 0.29) is 5.78 Å². The first-order valence-electron chi connectivity index (χ1n) is 9.52. The molecule has 0 aromatic heterocycles. The quantitative estimate of drug-likeness (QED) is 0.731. The summed E-state index contributed by atoms with van der Waals surface area (Å²) in [5.74, 6) is 2.95. The Bertz CT molecular complexity index is 820. The van der Waals surface area contributed by atoms with E-state index in [0.29, 0.717) is 36.9 Å². The Kier molecular flexibility index (Phi) is 5.30. The molecule has 4 rings (SSSR count). The fraction of sp³-hybridized carbons (Fsp3) is 0.409. The van der Waals surface area contributed by atoms with Gasteiger partial charge in [0.25, 0.3) is 0 Å². The number of carbonyl (C=O) groups is 1. The van der Waals surface area contributed by atoms with Crippen molar-refractivity contribution in [2.45, 2.75) is 18.8 Å². The van der Waals surface area contributed by atoms with Gasteiger partial charge in [0, 0.05) is 25.1 Å². The lowest BCUT2D eigenvalue weighted by Crippen LogP contribution is -2.24. The van der Waals surface area contributed by atoms with E-state index in [1.54, 1.807) is 13.2 Å². The molecule has 0 bridgehead atoms. The highest BCUT2D eigenvalue weighted by molar-refractivity contribution is 5.96. The molecule has 2 aliphatic heterocycles. The molecule has 0 amide bonds. The standard InChI is InChI=1S/C22H25NO4/c1-25-19-4-2-3-16(13-19)18-7-9-23(15-18)10-8-20(24)17-5-6-21-22(14-17)27-12-11-26-21/h2-6,13-14,18H,7-12,15H2,1H3.